The molecule has 1 aliphatic rings. The number of rotatable bonds is 8. The molecule has 2 N–H and O–H groups in total. The van der Waals surface area contributed by atoms with Crippen LogP contribution in [0.15, 0.2) is 35.3 Å². The Balaban J connectivity index is 0.00000341. The standard InChI is InChI=1S/C23H36N6O.HI/c1-18-22(19(2)29(27-18)14-15-30-4)16-25-23(24-3)26-21-10-12-28(13-11-21)17-20-8-6-5-7-9-20;/h5-9,21H,10-17H2,1-4H3,(H2,24,25,26);1H. The number of hydrogen-bond donors (Lipinski definition) is 2. The van der Waals surface area contributed by atoms with Gasteiger partial charge in [-0.3, -0.25) is 14.6 Å². The van der Waals surface area contributed by atoms with E-state index >= 15 is 0 Å². The molecule has 0 saturated carbocycles. The van der Waals surface area contributed by atoms with Crippen LogP contribution in [0.25, 0.3) is 0 Å². The van der Waals surface area contributed by atoms with Gasteiger partial charge in [0.2, 0.25) is 0 Å². The Morgan fingerprint density at radius 3 is 2.55 bits per heavy atom. The molecule has 0 amide bonds. The predicted octanol–water partition coefficient (Wildman–Crippen LogP) is 3.09. The Labute approximate surface area is 203 Å². The van der Waals surface area contributed by atoms with E-state index in [1.165, 1.54) is 16.8 Å². The highest BCUT2D eigenvalue weighted by molar-refractivity contribution is 14.0. The van der Waals surface area contributed by atoms with Gasteiger partial charge in [0.1, 0.15) is 0 Å². The predicted molar refractivity (Wildman–Crippen MR) is 137 cm³/mol. The number of piperidine rings is 1. The third-order valence-electron chi connectivity index (χ3n) is 5.87. The molecule has 1 aliphatic heterocycles. The maximum atomic E-state index is 5.18. The van der Waals surface area contributed by atoms with Crippen LogP contribution in [0.5, 0.6) is 0 Å². The number of aryl methyl sites for hydroxylation is 1. The van der Waals surface area contributed by atoms with Crippen LogP contribution < -0.4 is 10.6 Å². The smallest absolute Gasteiger partial charge is 0.191 e. The maximum Gasteiger partial charge on any atom is 0.191 e. The first-order valence-electron chi connectivity index (χ1n) is 10.9. The van der Waals surface area contributed by atoms with Crippen molar-refractivity contribution >= 4 is 29.9 Å². The van der Waals surface area contributed by atoms with Crippen molar-refractivity contribution in [1.82, 2.24) is 25.3 Å². The van der Waals surface area contributed by atoms with Crippen molar-refractivity contribution in [2.24, 2.45) is 4.99 Å². The second-order valence-electron chi connectivity index (χ2n) is 7.97. The zero-order valence-electron chi connectivity index (χ0n) is 19.2. The van der Waals surface area contributed by atoms with Gasteiger partial charge in [-0.1, -0.05) is 30.3 Å². The van der Waals surface area contributed by atoms with Crippen molar-refractivity contribution < 1.29 is 4.74 Å². The van der Waals surface area contributed by atoms with Gasteiger partial charge in [0.15, 0.2) is 5.96 Å². The Morgan fingerprint density at radius 1 is 1.19 bits per heavy atom. The lowest BCUT2D eigenvalue weighted by molar-refractivity contribution is 0.182. The number of halogens is 1. The molecule has 0 atom stereocenters. The van der Waals surface area contributed by atoms with Crippen LogP contribution in [0.4, 0.5) is 0 Å². The summed E-state index contributed by atoms with van der Waals surface area (Å²) in [4.78, 5) is 6.97. The Morgan fingerprint density at radius 2 is 1.90 bits per heavy atom. The summed E-state index contributed by atoms with van der Waals surface area (Å²) < 4.78 is 7.20. The van der Waals surface area contributed by atoms with E-state index < -0.39 is 0 Å². The van der Waals surface area contributed by atoms with Gasteiger partial charge in [0.05, 0.1) is 18.8 Å². The van der Waals surface area contributed by atoms with E-state index in [2.05, 4.69) is 69.8 Å². The lowest BCUT2D eigenvalue weighted by atomic mass is 10.0. The van der Waals surface area contributed by atoms with E-state index in [9.17, 15) is 0 Å². The van der Waals surface area contributed by atoms with Gasteiger partial charge in [0, 0.05) is 57.6 Å². The van der Waals surface area contributed by atoms with Crippen molar-refractivity contribution in [1.29, 1.82) is 0 Å². The summed E-state index contributed by atoms with van der Waals surface area (Å²) in [5, 5.41) is 11.7. The summed E-state index contributed by atoms with van der Waals surface area (Å²) >= 11 is 0. The lowest BCUT2D eigenvalue weighted by Crippen LogP contribution is -2.48. The molecule has 0 bridgehead atoms. The molecule has 172 valence electrons. The van der Waals surface area contributed by atoms with E-state index in [1.807, 2.05) is 11.7 Å². The molecule has 2 heterocycles. The van der Waals surface area contributed by atoms with Gasteiger partial charge in [-0.2, -0.15) is 5.10 Å². The summed E-state index contributed by atoms with van der Waals surface area (Å²) in [6.07, 6.45) is 2.25. The summed E-state index contributed by atoms with van der Waals surface area (Å²) in [5.74, 6) is 0.861. The Hall–Kier alpha value is -1.65. The number of methoxy groups -OCH3 is 1. The first kappa shape index (κ1) is 25.6. The number of hydrogen-bond acceptors (Lipinski definition) is 4. The number of ether oxygens (including phenoxy) is 1. The van der Waals surface area contributed by atoms with E-state index in [4.69, 9.17) is 4.74 Å². The minimum Gasteiger partial charge on any atom is -0.383 e. The summed E-state index contributed by atoms with van der Waals surface area (Å²) in [6.45, 7) is 9.58. The highest BCUT2D eigenvalue weighted by Crippen LogP contribution is 2.15. The summed E-state index contributed by atoms with van der Waals surface area (Å²) in [5.41, 5.74) is 4.85. The molecule has 1 aromatic carbocycles. The SMILES string of the molecule is CN=C(NCc1c(C)nn(CCOC)c1C)NC1CCN(Cc2ccccc2)CC1.I. The van der Waals surface area contributed by atoms with Crippen LogP contribution >= 0.6 is 24.0 Å². The number of aliphatic imine (C=N–C) groups is 1. The largest absolute Gasteiger partial charge is 0.383 e. The van der Waals surface area contributed by atoms with Gasteiger partial charge in [0.25, 0.3) is 0 Å². The van der Waals surface area contributed by atoms with Crippen LogP contribution in [-0.4, -0.2) is 60.5 Å². The molecule has 3 rings (SSSR count). The molecule has 31 heavy (non-hydrogen) atoms. The fourth-order valence-corrected chi connectivity index (χ4v) is 4.02. The van der Waals surface area contributed by atoms with Crippen molar-refractivity contribution in [2.45, 2.75) is 52.4 Å². The van der Waals surface area contributed by atoms with Crippen molar-refractivity contribution in [3.63, 3.8) is 0 Å². The van der Waals surface area contributed by atoms with Gasteiger partial charge in [-0.15, -0.1) is 24.0 Å². The minimum atomic E-state index is 0. The molecular weight excluding hydrogens is 503 g/mol. The maximum absolute atomic E-state index is 5.18. The highest BCUT2D eigenvalue weighted by atomic mass is 127. The van der Waals surface area contributed by atoms with Gasteiger partial charge in [-0.05, 0) is 32.3 Å². The van der Waals surface area contributed by atoms with E-state index in [-0.39, 0.29) is 24.0 Å². The summed E-state index contributed by atoms with van der Waals surface area (Å²) in [7, 11) is 3.55. The molecule has 8 heteroatoms. The second-order valence-corrected chi connectivity index (χ2v) is 7.97. The van der Waals surface area contributed by atoms with Gasteiger partial charge in [-0.25, -0.2) is 0 Å². The molecule has 1 saturated heterocycles. The number of guanidine groups is 1. The van der Waals surface area contributed by atoms with E-state index in [1.54, 1.807) is 7.11 Å². The van der Waals surface area contributed by atoms with Crippen molar-refractivity contribution in [2.75, 3.05) is 33.9 Å². The zero-order chi connectivity index (χ0) is 21.3. The average molecular weight is 540 g/mol. The number of aromatic nitrogens is 2. The normalized spacial score (nSPS) is 15.5. The third kappa shape index (κ3) is 7.47. The molecule has 0 unspecified atom stereocenters. The highest BCUT2D eigenvalue weighted by Gasteiger charge is 2.20. The van der Waals surface area contributed by atoms with Gasteiger partial charge < -0.3 is 15.4 Å². The second kappa shape index (κ2) is 13.0. The molecule has 0 aliphatic carbocycles. The number of nitrogens with zero attached hydrogens (tertiary/aromatic N) is 4. The quantitative estimate of drug-likeness (QED) is 0.306. The molecule has 0 spiro atoms. The van der Waals surface area contributed by atoms with E-state index in [0.717, 1.165) is 57.2 Å². The number of nitrogens with one attached hydrogen (secondary N) is 2. The molecular formula is C23H37IN6O. The van der Waals surface area contributed by atoms with Crippen LogP contribution in [0, 0.1) is 13.8 Å². The van der Waals surface area contributed by atoms with Crippen LogP contribution in [0.2, 0.25) is 0 Å². The van der Waals surface area contributed by atoms with Crippen molar-refractivity contribution in [3.05, 3.63) is 52.8 Å². The molecule has 1 aromatic heterocycles. The Kier molecular flexibility index (Phi) is 10.8. The number of benzene rings is 1. The topological polar surface area (TPSA) is 66.7 Å². The van der Waals surface area contributed by atoms with Gasteiger partial charge >= 0.3 is 0 Å². The molecule has 0 radical (unpaired) electrons. The minimum absolute atomic E-state index is 0. The summed E-state index contributed by atoms with van der Waals surface area (Å²) in [6, 6.07) is 11.2. The number of likely N-dealkylation sites (tertiary alicyclic amines) is 1. The van der Waals surface area contributed by atoms with Crippen molar-refractivity contribution in [3.8, 4) is 0 Å². The van der Waals surface area contributed by atoms with Crippen LogP contribution in [0.1, 0.15) is 35.4 Å². The fraction of sp³-hybridized carbons (Fsp3) is 0.565. The van der Waals surface area contributed by atoms with Crippen LogP contribution in [-0.2, 0) is 24.4 Å². The molecule has 2 aromatic rings. The third-order valence-corrected chi connectivity index (χ3v) is 5.87. The average Bonchev–Trinajstić information content (AvgIpc) is 3.04. The molecule has 1 fully saturated rings. The van der Waals surface area contributed by atoms with E-state index in [0.29, 0.717) is 12.6 Å². The lowest BCUT2D eigenvalue weighted by Gasteiger charge is -2.33. The first-order chi connectivity index (χ1) is 14.6. The molecule has 7 nitrogen and oxygen atoms in total. The fourth-order valence-electron chi connectivity index (χ4n) is 4.02. The first-order valence-corrected chi connectivity index (χ1v) is 10.9. The monoisotopic (exact) mass is 540 g/mol. The van der Waals surface area contributed by atoms with Crippen LogP contribution in [0.3, 0.4) is 0 Å². The zero-order valence-corrected chi connectivity index (χ0v) is 21.6. The Bertz CT molecular complexity index is 815.